The molecule has 2 heterocycles. The molecule has 10 heteroatoms. The van der Waals surface area contributed by atoms with E-state index in [-0.39, 0.29) is 23.3 Å². The molecular formula is C22H24ClN3O5S. The second kappa shape index (κ2) is 8.73. The molecule has 32 heavy (non-hydrogen) atoms. The number of fused-ring (bicyclic) bond motifs is 1. The lowest BCUT2D eigenvalue weighted by Gasteiger charge is -2.31. The van der Waals surface area contributed by atoms with Gasteiger partial charge in [0, 0.05) is 23.8 Å². The third-order valence-electron chi connectivity index (χ3n) is 5.80. The summed E-state index contributed by atoms with van der Waals surface area (Å²) in [5.41, 5.74) is 1.69. The van der Waals surface area contributed by atoms with Gasteiger partial charge in [0.25, 0.3) is 5.91 Å². The zero-order chi connectivity index (χ0) is 23.0. The van der Waals surface area contributed by atoms with Gasteiger partial charge in [0.05, 0.1) is 16.5 Å². The van der Waals surface area contributed by atoms with Crippen molar-refractivity contribution in [3.63, 3.8) is 0 Å². The van der Waals surface area contributed by atoms with Gasteiger partial charge in [-0.2, -0.15) is 4.31 Å². The van der Waals surface area contributed by atoms with Crippen molar-refractivity contribution in [1.29, 1.82) is 0 Å². The number of ether oxygens (including phenoxy) is 1. The Morgan fingerprint density at radius 1 is 1.28 bits per heavy atom. The number of carbonyl (C=O) groups excluding carboxylic acids is 2. The van der Waals surface area contributed by atoms with Gasteiger partial charge in [-0.3, -0.25) is 9.59 Å². The monoisotopic (exact) mass is 477 g/mol. The lowest BCUT2D eigenvalue weighted by atomic mass is 9.98. The summed E-state index contributed by atoms with van der Waals surface area (Å²) < 4.78 is 33.4. The van der Waals surface area contributed by atoms with Crippen LogP contribution in [0.1, 0.15) is 25.3 Å². The molecule has 1 fully saturated rings. The fourth-order valence-electron chi connectivity index (χ4n) is 3.85. The third kappa shape index (κ3) is 4.32. The van der Waals surface area contributed by atoms with E-state index < -0.39 is 22.0 Å². The van der Waals surface area contributed by atoms with Gasteiger partial charge in [0.2, 0.25) is 15.9 Å². The first-order valence-corrected chi connectivity index (χ1v) is 12.2. The maximum absolute atomic E-state index is 13.3. The number of amides is 2. The number of hydrogen-bond acceptors (Lipinski definition) is 5. The topological polar surface area (TPSA) is 105 Å². The highest BCUT2D eigenvalue weighted by Gasteiger charge is 2.34. The van der Waals surface area contributed by atoms with E-state index in [1.54, 1.807) is 25.1 Å². The van der Waals surface area contributed by atoms with Crippen LogP contribution in [-0.4, -0.2) is 43.7 Å². The Morgan fingerprint density at radius 3 is 2.84 bits per heavy atom. The van der Waals surface area contributed by atoms with Crippen LogP contribution in [0.25, 0.3) is 0 Å². The Bertz CT molecular complexity index is 1180. The Hall–Kier alpha value is -2.62. The lowest BCUT2D eigenvalue weighted by molar-refractivity contribution is -0.123. The average Bonchev–Trinajstić information content (AvgIpc) is 2.77. The van der Waals surface area contributed by atoms with Crippen LogP contribution in [0.15, 0.2) is 41.3 Å². The van der Waals surface area contributed by atoms with E-state index in [0.29, 0.717) is 41.5 Å². The van der Waals surface area contributed by atoms with Crippen molar-refractivity contribution in [3.05, 3.63) is 47.0 Å². The van der Waals surface area contributed by atoms with Gasteiger partial charge in [-0.15, -0.1) is 0 Å². The smallest absolute Gasteiger partial charge is 0.265 e. The highest BCUT2D eigenvalue weighted by atomic mass is 35.5. The molecule has 2 atom stereocenters. The predicted octanol–water partition coefficient (Wildman–Crippen LogP) is 3.41. The van der Waals surface area contributed by atoms with Crippen molar-refractivity contribution in [1.82, 2.24) is 4.31 Å². The number of nitrogens with one attached hydrogen (secondary N) is 2. The molecule has 2 aromatic rings. The van der Waals surface area contributed by atoms with E-state index in [1.165, 1.54) is 22.5 Å². The first kappa shape index (κ1) is 22.6. The number of nitrogens with zero attached hydrogens (tertiary/aromatic N) is 1. The summed E-state index contributed by atoms with van der Waals surface area (Å²) in [6.45, 7) is 3.83. The summed E-state index contributed by atoms with van der Waals surface area (Å²) in [6, 6.07) is 9.65. The van der Waals surface area contributed by atoms with Crippen LogP contribution in [0.2, 0.25) is 5.02 Å². The molecule has 1 saturated heterocycles. The molecule has 2 amide bonds. The molecule has 0 aliphatic carbocycles. The van der Waals surface area contributed by atoms with Crippen molar-refractivity contribution in [2.75, 3.05) is 23.7 Å². The quantitative estimate of drug-likeness (QED) is 0.702. The fourth-order valence-corrected chi connectivity index (χ4v) is 5.57. The van der Waals surface area contributed by atoms with E-state index in [2.05, 4.69) is 10.6 Å². The summed E-state index contributed by atoms with van der Waals surface area (Å²) in [7, 11) is -3.86. The summed E-state index contributed by atoms with van der Waals surface area (Å²) >= 11 is 6.13. The largest absolute Gasteiger partial charge is 0.479 e. The number of benzene rings is 2. The molecule has 2 aliphatic rings. The van der Waals surface area contributed by atoms with E-state index in [0.717, 1.165) is 5.56 Å². The second-order valence-electron chi connectivity index (χ2n) is 8.01. The minimum atomic E-state index is -3.86. The van der Waals surface area contributed by atoms with Crippen molar-refractivity contribution in [2.45, 2.75) is 37.7 Å². The number of piperidine rings is 1. The van der Waals surface area contributed by atoms with E-state index >= 15 is 0 Å². The number of hydrogen-bond donors (Lipinski definition) is 2. The van der Waals surface area contributed by atoms with Gasteiger partial charge in [-0.05, 0) is 62.6 Å². The molecule has 0 bridgehead atoms. The Kier molecular flexibility index (Phi) is 6.15. The number of anilines is 2. The minimum Gasteiger partial charge on any atom is -0.479 e. The predicted molar refractivity (Wildman–Crippen MR) is 121 cm³/mol. The third-order valence-corrected chi connectivity index (χ3v) is 8.07. The van der Waals surface area contributed by atoms with Crippen LogP contribution in [0.4, 0.5) is 11.4 Å². The van der Waals surface area contributed by atoms with Crippen molar-refractivity contribution >= 4 is 44.8 Å². The number of rotatable bonds is 4. The van der Waals surface area contributed by atoms with E-state index in [1.807, 2.05) is 6.92 Å². The van der Waals surface area contributed by atoms with Crippen molar-refractivity contribution in [2.24, 2.45) is 5.92 Å². The molecule has 0 aromatic heterocycles. The lowest BCUT2D eigenvalue weighted by Crippen LogP contribution is -2.43. The Labute approximate surface area is 191 Å². The van der Waals surface area contributed by atoms with Crippen LogP contribution in [0.3, 0.4) is 0 Å². The molecule has 0 spiro atoms. The number of halogens is 1. The zero-order valence-corrected chi connectivity index (χ0v) is 19.3. The molecule has 0 saturated carbocycles. The Balaban J connectivity index is 1.51. The fraction of sp³-hybridized carbons (Fsp3) is 0.364. The standard InChI is InChI=1S/C22H24ClN3O5S/c1-13-17(23)6-3-7-18(13)24-22(28)15-5-4-10-26(12-15)32(29,30)16-8-9-20-19(11-16)25-21(27)14(2)31-20/h3,6-9,11,14-15H,4-5,10,12H2,1-2H3,(H,24,28)(H,25,27)/t14-,15+/m1/s1. The maximum atomic E-state index is 13.3. The normalized spacial score (nSPS) is 21.3. The molecule has 0 radical (unpaired) electrons. The van der Waals surface area contributed by atoms with Crippen LogP contribution in [-0.2, 0) is 19.6 Å². The van der Waals surface area contributed by atoms with Crippen molar-refractivity contribution < 1.29 is 22.7 Å². The molecule has 4 rings (SSSR count). The van der Waals surface area contributed by atoms with Gasteiger partial charge >= 0.3 is 0 Å². The van der Waals surface area contributed by atoms with Crippen LogP contribution in [0, 0.1) is 12.8 Å². The maximum Gasteiger partial charge on any atom is 0.265 e. The highest BCUT2D eigenvalue weighted by Crippen LogP contribution is 2.34. The van der Waals surface area contributed by atoms with Gasteiger partial charge in [-0.25, -0.2) is 8.42 Å². The van der Waals surface area contributed by atoms with Crippen molar-refractivity contribution in [3.8, 4) is 5.75 Å². The highest BCUT2D eigenvalue weighted by molar-refractivity contribution is 7.89. The second-order valence-corrected chi connectivity index (χ2v) is 10.4. The molecule has 2 aromatic carbocycles. The number of sulfonamides is 1. The molecule has 170 valence electrons. The molecular weight excluding hydrogens is 454 g/mol. The van der Waals surface area contributed by atoms with E-state index in [4.69, 9.17) is 16.3 Å². The number of carbonyl (C=O) groups is 2. The van der Waals surface area contributed by atoms with Crippen LogP contribution in [0.5, 0.6) is 5.75 Å². The first-order valence-electron chi connectivity index (χ1n) is 10.3. The summed E-state index contributed by atoms with van der Waals surface area (Å²) in [6.07, 6.45) is 0.506. The summed E-state index contributed by atoms with van der Waals surface area (Å²) in [5, 5.41) is 6.09. The molecule has 2 aliphatic heterocycles. The SMILES string of the molecule is Cc1c(Cl)cccc1NC(=O)[C@H]1CCCN(S(=O)(=O)c2ccc3c(c2)NC(=O)[C@@H](C)O3)C1. The molecule has 8 nitrogen and oxygen atoms in total. The minimum absolute atomic E-state index is 0.0430. The summed E-state index contributed by atoms with van der Waals surface area (Å²) in [5.74, 6) is -0.643. The van der Waals surface area contributed by atoms with Gasteiger partial charge in [0.1, 0.15) is 5.75 Å². The molecule has 2 N–H and O–H groups in total. The summed E-state index contributed by atoms with van der Waals surface area (Å²) in [4.78, 5) is 24.8. The Morgan fingerprint density at radius 2 is 2.06 bits per heavy atom. The van der Waals surface area contributed by atoms with Gasteiger partial charge in [0.15, 0.2) is 6.10 Å². The zero-order valence-electron chi connectivity index (χ0n) is 17.7. The van der Waals surface area contributed by atoms with Crippen LogP contribution < -0.4 is 15.4 Å². The van der Waals surface area contributed by atoms with Gasteiger partial charge in [-0.1, -0.05) is 17.7 Å². The first-order chi connectivity index (χ1) is 15.2. The van der Waals surface area contributed by atoms with Crippen LogP contribution >= 0.6 is 11.6 Å². The average molecular weight is 478 g/mol. The molecule has 0 unspecified atom stereocenters. The van der Waals surface area contributed by atoms with Gasteiger partial charge < -0.3 is 15.4 Å². The van der Waals surface area contributed by atoms with E-state index in [9.17, 15) is 18.0 Å².